The molecule has 1 aliphatic carbocycles. The summed E-state index contributed by atoms with van der Waals surface area (Å²) in [5, 5.41) is 9.12. The van der Waals surface area contributed by atoms with E-state index in [4.69, 9.17) is 15.6 Å². The highest BCUT2D eigenvalue weighted by Gasteiger charge is 2.30. The predicted molar refractivity (Wildman–Crippen MR) is 152 cm³/mol. The van der Waals surface area contributed by atoms with Crippen LogP contribution in [-0.2, 0) is 11.3 Å². The van der Waals surface area contributed by atoms with E-state index in [1.54, 1.807) is 6.07 Å². The maximum absolute atomic E-state index is 13.5. The zero-order valence-electron chi connectivity index (χ0n) is 22.2. The molecular weight excluding hydrogens is 509 g/mol. The van der Waals surface area contributed by atoms with Gasteiger partial charge in [-0.2, -0.15) is 5.10 Å². The van der Waals surface area contributed by atoms with Gasteiger partial charge in [0.05, 0.1) is 35.7 Å². The van der Waals surface area contributed by atoms with Crippen LogP contribution >= 0.6 is 0 Å². The molecule has 0 radical (unpaired) electrons. The van der Waals surface area contributed by atoms with Crippen molar-refractivity contribution in [3.05, 3.63) is 60.2 Å². The van der Waals surface area contributed by atoms with Gasteiger partial charge < -0.3 is 20.8 Å². The number of rotatable bonds is 6. The number of halogens is 1. The zero-order chi connectivity index (χ0) is 27.1. The molecule has 2 aromatic carbocycles. The summed E-state index contributed by atoms with van der Waals surface area (Å²) in [6, 6.07) is 13.4. The predicted octanol–water partition coefficient (Wildman–Crippen LogP) is 4.52. The number of morpholine rings is 1. The molecule has 3 aromatic heterocycles. The Hall–Kier alpha value is -4.09. The van der Waals surface area contributed by atoms with E-state index in [0.717, 1.165) is 90.9 Å². The highest BCUT2D eigenvalue weighted by Crippen LogP contribution is 2.37. The Labute approximate surface area is 230 Å². The summed E-state index contributed by atoms with van der Waals surface area (Å²) in [6.45, 7) is 4.16. The first-order chi connectivity index (χ1) is 19.6. The molecule has 2 aliphatic rings. The molecule has 7 rings (SSSR count). The fraction of sp³-hybridized carbons (Fsp3) is 0.379. The monoisotopic (exact) mass is 541 g/mol. The van der Waals surface area contributed by atoms with E-state index in [-0.39, 0.29) is 11.9 Å². The van der Waals surface area contributed by atoms with Crippen LogP contribution in [0.3, 0.4) is 0 Å². The third-order valence-electron chi connectivity index (χ3n) is 8.20. The van der Waals surface area contributed by atoms with E-state index in [9.17, 15) is 4.39 Å². The average Bonchev–Trinajstić information content (AvgIpc) is 3.59. The van der Waals surface area contributed by atoms with Gasteiger partial charge in [-0.1, -0.05) is 18.2 Å². The lowest BCUT2D eigenvalue weighted by atomic mass is 9.90. The lowest BCUT2D eigenvalue weighted by molar-refractivity contribution is 0.00520. The molecule has 1 saturated carbocycles. The first-order valence-electron chi connectivity index (χ1n) is 13.9. The average molecular weight is 542 g/mol. The molecule has 11 heteroatoms. The van der Waals surface area contributed by atoms with Crippen molar-refractivity contribution in [1.29, 1.82) is 0 Å². The van der Waals surface area contributed by atoms with Gasteiger partial charge in [-0.15, -0.1) is 0 Å². The summed E-state index contributed by atoms with van der Waals surface area (Å²) < 4.78 is 21.2. The number of nitrogen functional groups attached to an aromatic ring is 1. The Bertz CT molecular complexity index is 1650. The van der Waals surface area contributed by atoms with Crippen LogP contribution in [0, 0.1) is 5.82 Å². The lowest BCUT2D eigenvalue weighted by Gasteiger charge is -2.38. The summed E-state index contributed by atoms with van der Waals surface area (Å²) >= 11 is 0. The number of benzene rings is 2. The van der Waals surface area contributed by atoms with Crippen LogP contribution < -0.4 is 11.1 Å². The second kappa shape index (κ2) is 10.5. The molecule has 1 aliphatic heterocycles. The van der Waals surface area contributed by atoms with Crippen molar-refractivity contribution < 1.29 is 9.13 Å². The van der Waals surface area contributed by atoms with Crippen LogP contribution in [0.2, 0.25) is 0 Å². The number of H-pyrrole nitrogens is 1. The van der Waals surface area contributed by atoms with Crippen LogP contribution in [-0.4, -0.2) is 67.0 Å². The van der Waals surface area contributed by atoms with Crippen LogP contribution in [0.15, 0.2) is 48.8 Å². The summed E-state index contributed by atoms with van der Waals surface area (Å²) in [6.07, 6.45) is 5.87. The summed E-state index contributed by atoms with van der Waals surface area (Å²) in [7, 11) is 0. The van der Waals surface area contributed by atoms with Gasteiger partial charge in [-0.25, -0.2) is 24.0 Å². The van der Waals surface area contributed by atoms with E-state index < -0.39 is 0 Å². The first kappa shape index (κ1) is 24.9. The highest BCUT2D eigenvalue weighted by molar-refractivity contribution is 5.99. The third kappa shape index (κ3) is 4.75. The fourth-order valence-corrected chi connectivity index (χ4v) is 6.14. The minimum absolute atomic E-state index is 0.256. The number of ether oxygens (including phenoxy) is 1. The molecule has 0 spiro atoms. The quantitative estimate of drug-likeness (QED) is 0.287. The topological polar surface area (TPSA) is 123 Å². The van der Waals surface area contributed by atoms with Crippen molar-refractivity contribution >= 4 is 33.8 Å². The largest absolute Gasteiger partial charge is 0.383 e. The Kier molecular flexibility index (Phi) is 6.52. The van der Waals surface area contributed by atoms with Crippen LogP contribution in [0.25, 0.3) is 33.3 Å². The minimum Gasteiger partial charge on any atom is -0.383 e. The maximum atomic E-state index is 13.5. The minimum atomic E-state index is -0.256. The van der Waals surface area contributed by atoms with E-state index in [0.29, 0.717) is 24.4 Å². The van der Waals surface area contributed by atoms with Crippen molar-refractivity contribution in [3.8, 4) is 11.3 Å². The van der Waals surface area contributed by atoms with Crippen LogP contribution in [0.4, 0.5) is 16.2 Å². The summed E-state index contributed by atoms with van der Waals surface area (Å²) in [5.74, 6) is 0.788. The molecule has 1 saturated heterocycles. The first-order valence-corrected chi connectivity index (χ1v) is 13.9. The number of hydrogen-bond acceptors (Lipinski definition) is 8. The number of hydrogen-bond donors (Lipinski definition) is 3. The molecule has 4 N–H and O–H groups in total. The van der Waals surface area contributed by atoms with Gasteiger partial charge in [0.15, 0.2) is 5.65 Å². The molecule has 10 nitrogen and oxygen atoms in total. The number of nitrogens with one attached hydrogen (secondary N) is 2. The van der Waals surface area contributed by atoms with Crippen molar-refractivity contribution in [2.75, 3.05) is 37.4 Å². The molecule has 0 amide bonds. The van der Waals surface area contributed by atoms with Gasteiger partial charge in [-0.3, -0.25) is 4.90 Å². The second-order valence-electron chi connectivity index (χ2n) is 10.7. The maximum Gasteiger partial charge on any atom is 0.201 e. The van der Waals surface area contributed by atoms with Gasteiger partial charge >= 0.3 is 0 Å². The Morgan fingerprint density at radius 1 is 1.02 bits per heavy atom. The zero-order valence-corrected chi connectivity index (χ0v) is 22.2. The number of nitrogens with zero attached hydrogens (tertiary/aromatic N) is 6. The van der Waals surface area contributed by atoms with E-state index >= 15 is 0 Å². The molecule has 4 heterocycles. The standard InChI is InChI=1S/C29H32FN9O/c30-20-3-1-2-18(14-20)16-32-29-35-23-9-4-19(15-24(23)36-29)26-25-27(31)33-17-34-28(25)39(37-26)22-7-5-21(6-8-22)38-10-12-40-13-11-38/h1-4,9,14-15,17,21-22H,5-8,10-13,16H2,(H2,31,33,34)(H2,32,35,36). The molecule has 5 aromatic rings. The molecular formula is C29H32FN9O. The molecule has 206 valence electrons. The van der Waals surface area contributed by atoms with Crippen molar-refractivity contribution in [1.82, 2.24) is 34.6 Å². The second-order valence-corrected chi connectivity index (χ2v) is 10.7. The molecule has 0 unspecified atom stereocenters. The summed E-state index contributed by atoms with van der Waals surface area (Å²) in [5.41, 5.74) is 11.4. The Morgan fingerprint density at radius 3 is 2.67 bits per heavy atom. The van der Waals surface area contributed by atoms with Gasteiger partial charge in [0.1, 0.15) is 23.7 Å². The van der Waals surface area contributed by atoms with E-state index in [1.165, 1.54) is 18.5 Å². The van der Waals surface area contributed by atoms with Gasteiger partial charge in [-0.05, 0) is 55.5 Å². The smallest absolute Gasteiger partial charge is 0.201 e. The molecule has 0 atom stereocenters. The molecule has 0 bridgehead atoms. The number of aromatic nitrogens is 6. The van der Waals surface area contributed by atoms with Gasteiger partial charge in [0, 0.05) is 31.2 Å². The number of imidazole rings is 1. The van der Waals surface area contributed by atoms with Crippen LogP contribution in [0.5, 0.6) is 0 Å². The van der Waals surface area contributed by atoms with Gasteiger partial charge in [0.25, 0.3) is 0 Å². The van der Waals surface area contributed by atoms with Crippen LogP contribution in [0.1, 0.15) is 37.3 Å². The van der Waals surface area contributed by atoms with Crippen molar-refractivity contribution in [3.63, 3.8) is 0 Å². The number of anilines is 2. The lowest BCUT2D eigenvalue weighted by Crippen LogP contribution is -2.45. The normalized spacial score (nSPS) is 20.3. The third-order valence-corrected chi connectivity index (χ3v) is 8.20. The van der Waals surface area contributed by atoms with Gasteiger partial charge in [0.2, 0.25) is 5.95 Å². The molecule has 2 fully saturated rings. The van der Waals surface area contributed by atoms with E-state index in [1.807, 2.05) is 24.3 Å². The Balaban J connectivity index is 1.15. The number of fused-ring (bicyclic) bond motifs is 2. The van der Waals surface area contributed by atoms with Crippen molar-refractivity contribution in [2.45, 2.75) is 44.3 Å². The number of aromatic amines is 1. The number of nitrogens with two attached hydrogens (primary N) is 1. The fourth-order valence-electron chi connectivity index (χ4n) is 6.14. The Morgan fingerprint density at radius 2 is 1.85 bits per heavy atom. The summed E-state index contributed by atoms with van der Waals surface area (Å²) in [4.78, 5) is 19.5. The van der Waals surface area contributed by atoms with Crippen molar-refractivity contribution in [2.24, 2.45) is 0 Å². The molecule has 40 heavy (non-hydrogen) atoms. The SMILES string of the molecule is Nc1ncnc2c1c(-c1ccc3nc(NCc4cccc(F)c4)[nH]c3c1)nn2C1CCC(N2CCOCC2)CC1. The van der Waals surface area contributed by atoms with E-state index in [2.05, 4.69) is 34.8 Å². The highest BCUT2D eigenvalue weighted by atomic mass is 19.1.